The molecule has 1 aromatic carbocycles. The SMILES string of the molecule is O=C(Nc1ccc(-c2cc(Nc3ccc(N4CCC(F)(F)CC4)cn3)c3c(=O)[nH]ccc3n2)c(F)c1)C1CCCCC1. The molecule has 1 amide bonds. The van der Waals surface area contributed by atoms with Crippen molar-refractivity contribution in [1.29, 1.82) is 0 Å². The number of aromatic amines is 1. The first-order valence-electron chi connectivity index (χ1n) is 14.2. The van der Waals surface area contributed by atoms with Crippen LogP contribution in [0.25, 0.3) is 22.2 Å². The number of aromatic nitrogens is 3. The summed E-state index contributed by atoms with van der Waals surface area (Å²) in [6.07, 6.45) is 7.54. The number of halogens is 3. The molecule has 4 heterocycles. The number of carbonyl (C=O) groups is 1. The predicted molar refractivity (Wildman–Crippen MR) is 157 cm³/mol. The van der Waals surface area contributed by atoms with E-state index in [0.717, 1.165) is 37.8 Å². The summed E-state index contributed by atoms with van der Waals surface area (Å²) in [5.41, 5.74) is 1.98. The zero-order chi connectivity index (χ0) is 29.3. The highest BCUT2D eigenvalue weighted by Gasteiger charge is 2.34. The summed E-state index contributed by atoms with van der Waals surface area (Å²) in [5.74, 6) is -2.92. The highest BCUT2D eigenvalue weighted by atomic mass is 19.3. The minimum atomic E-state index is -2.64. The van der Waals surface area contributed by atoms with Crippen LogP contribution in [0.3, 0.4) is 0 Å². The van der Waals surface area contributed by atoms with Crippen molar-refractivity contribution < 1.29 is 18.0 Å². The van der Waals surface area contributed by atoms with Crippen LogP contribution in [0, 0.1) is 11.7 Å². The Kier molecular flexibility index (Phi) is 7.57. The van der Waals surface area contributed by atoms with Crippen LogP contribution in [0.5, 0.6) is 0 Å². The van der Waals surface area contributed by atoms with Crippen LogP contribution >= 0.6 is 0 Å². The summed E-state index contributed by atoms with van der Waals surface area (Å²) < 4.78 is 42.5. The number of rotatable bonds is 6. The normalized spacial score (nSPS) is 17.3. The van der Waals surface area contributed by atoms with Gasteiger partial charge in [0.1, 0.15) is 11.6 Å². The van der Waals surface area contributed by atoms with Gasteiger partial charge in [-0.1, -0.05) is 19.3 Å². The third-order valence-corrected chi connectivity index (χ3v) is 8.09. The molecule has 3 aromatic heterocycles. The molecule has 8 nitrogen and oxygen atoms in total. The second kappa shape index (κ2) is 11.5. The maximum Gasteiger partial charge on any atom is 0.259 e. The highest BCUT2D eigenvalue weighted by molar-refractivity contribution is 5.95. The summed E-state index contributed by atoms with van der Waals surface area (Å²) in [6, 6.07) is 11.2. The maximum absolute atomic E-state index is 15.4. The molecular weight excluding hydrogens is 545 g/mol. The van der Waals surface area contributed by atoms with Crippen LogP contribution in [0.2, 0.25) is 0 Å². The smallest absolute Gasteiger partial charge is 0.259 e. The van der Waals surface area contributed by atoms with Crippen LogP contribution in [-0.2, 0) is 4.79 Å². The van der Waals surface area contributed by atoms with Crippen LogP contribution in [0.1, 0.15) is 44.9 Å². The molecule has 3 N–H and O–H groups in total. The van der Waals surface area contributed by atoms with E-state index in [4.69, 9.17) is 0 Å². The molecule has 218 valence electrons. The second-order valence-electron chi connectivity index (χ2n) is 11.0. The number of fused-ring (bicyclic) bond motifs is 1. The molecule has 0 radical (unpaired) electrons. The summed E-state index contributed by atoms with van der Waals surface area (Å²) >= 11 is 0. The fourth-order valence-electron chi connectivity index (χ4n) is 5.72. The number of piperidine rings is 1. The van der Waals surface area contributed by atoms with E-state index >= 15 is 4.39 Å². The quantitative estimate of drug-likeness (QED) is 0.238. The number of benzene rings is 1. The number of hydrogen-bond donors (Lipinski definition) is 3. The van der Waals surface area contributed by atoms with Gasteiger partial charge in [-0.15, -0.1) is 0 Å². The largest absolute Gasteiger partial charge is 0.370 e. The number of carbonyl (C=O) groups excluding carboxylic acids is 1. The molecule has 0 spiro atoms. The zero-order valence-corrected chi connectivity index (χ0v) is 22.9. The number of anilines is 4. The Hall–Kier alpha value is -4.41. The first-order valence-corrected chi connectivity index (χ1v) is 14.2. The molecule has 1 aliphatic heterocycles. The first kappa shape index (κ1) is 27.7. The molecule has 42 heavy (non-hydrogen) atoms. The van der Waals surface area contributed by atoms with Crippen molar-refractivity contribution in [3.05, 3.63) is 71.0 Å². The summed E-state index contributed by atoms with van der Waals surface area (Å²) in [6.45, 7) is 0.480. The van der Waals surface area contributed by atoms with Crippen molar-refractivity contribution in [2.24, 2.45) is 5.92 Å². The fraction of sp³-hybridized carbons (Fsp3) is 0.355. The average molecular weight is 577 g/mol. The molecule has 0 bridgehead atoms. The minimum absolute atomic E-state index is 0.0531. The van der Waals surface area contributed by atoms with Crippen molar-refractivity contribution in [2.75, 3.05) is 28.6 Å². The fourth-order valence-corrected chi connectivity index (χ4v) is 5.72. The van der Waals surface area contributed by atoms with E-state index in [1.165, 1.54) is 12.3 Å². The van der Waals surface area contributed by atoms with E-state index in [2.05, 4.69) is 25.6 Å². The van der Waals surface area contributed by atoms with Gasteiger partial charge in [0.25, 0.3) is 11.5 Å². The number of alkyl halides is 2. The van der Waals surface area contributed by atoms with Gasteiger partial charge in [-0.2, -0.15) is 0 Å². The Balaban J connectivity index is 1.26. The highest BCUT2D eigenvalue weighted by Crippen LogP contribution is 2.33. The van der Waals surface area contributed by atoms with Crippen LogP contribution in [0.4, 0.5) is 36.1 Å². The lowest BCUT2D eigenvalue weighted by Gasteiger charge is -2.33. The number of amides is 1. The number of pyridine rings is 3. The molecule has 6 rings (SSSR count). The summed E-state index contributed by atoms with van der Waals surface area (Å²) in [5, 5.41) is 6.26. The van der Waals surface area contributed by atoms with E-state index < -0.39 is 11.7 Å². The minimum Gasteiger partial charge on any atom is -0.370 e. The first-order chi connectivity index (χ1) is 20.3. The third-order valence-electron chi connectivity index (χ3n) is 8.09. The van der Waals surface area contributed by atoms with Crippen molar-refractivity contribution in [1.82, 2.24) is 15.0 Å². The Labute approximate surface area is 240 Å². The lowest BCUT2D eigenvalue weighted by molar-refractivity contribution is -0.120. The van der Waals surface area contributed by atoms with E-state index in [1.807, 2.05) is 4.90 Å². The van der Waals surface area contributed by atoms with Gasteiger partial charge in [-0.25, -0.2) is 23.1 Å². The van der Waals surface area contributed by atoms with Gasteiger partial charge in [-0.05, 0) is 55.3 Å². The lowest BCUT2D eigenvalue weighted by Crippen LogP contribution is -2.39. The number of nitrogens with zero attached hydrogens (tertiary/aromatic N) is 3. The summed E-state index contributed by atoms with van der Waals surface area (Å²) in [7, 11) is 0. The Morgan fingerprint density at radius 3 is 2.52 bits per heavy atom. The van der Waals surface area contributed by atoms with E-state index in [-0.39, 0.29) is 54.3 Å². The molecule has 2 fully saturated rings. The van der Waals surface area contributed by atoms with Gasteiger partial charge in [0.05, 0.1) is 34.2 Å². The number of H-pyrrole nitrogens is 1. The van der Waals surface area contributed by atoms with Gasteiger partial charge < -0.3 is 20.5 Å². The molecule has 1 saturated heterocycles. The van der Waals surface area contributed by atoms with Gasteiger partial charge >= 0.3 is 0 Å². The van der Waals surface area contributed by atoms with Crippen LogP contribution in [-0.4, -0.2) is 39.9 Å². The van der Waals surface area contributed by atoms with Crippen molar-refractivity contribution >= 4 is 39.7 Å². The zero-order valence-electron chi connectivity index (χ0n) is 22.9. The maximum atomic E-state index is 15.4. The molecule has 11 heteroatoms. The standard InChI is InChI=1S/C31H31F3N6O2/c32-23-16-20(37-29(41)19-4-2-1-3-5-19)6-8-22(23)25-17-26(28-24(38-25)10-13-35-30(28)42)39-27-9-7-21(18-36-27)40-14-11-31(33,34)12-15-40/h6-10,13,16-19H,1-5,11-12,14-15H2,(H,35,42)(H,37,41)(H,36,38,39). The molecule has 1 saturated carbocycles. The Morgan fingerprint density at radius 2 is 1.81 bits per heavy atom. The molecule has 1 aliphatic carbocycles. The van der Waals surface area contributed by atoms with Crippen molar-refractivity contribution in [2.45, 2.75) is 50.9 Å². The Morgan fingerprint density at radius 1 is 1.02 bits per heavy atom. The average Bonchev–Trinajstić information content (AvgIpc) is 2.98. The predicted octanol–water partition coefficient (Wildman–Crippen LogP) is 6.62. The van der Waals surface area contributed by atoms with E-state index in [1.54, 1.807) is 42.6 Å². The molecule has 2 aliphatic rings. The number of hydrogen-bond acceptors (Lipinski definition) is 6. The van der Waals surface area contributed by atoms with E-state index in [0.29, 0.717) is 28.4 Å². The van der Waals surface area contributed by atoms with Crippen LogP contribution < -0.4 is 21.1 Å². The van der Waals surface area contributed by atoms with Gasteiger partial charge in [0.2, 0.25) is 5.91 Å². The van der Waals surface area contributed by atoms with Crippen LogP contribution in [0.15, 0.2) is 59.7 Å². The van der Waals surface area contributed by atoms with Gasteiger partial charge in [-0.3, -0.25) is 9.59 Å². The van der Waals surface area contributed by atoms with Crippen molar-refractivity contribution in [3.63, 3.8) is 0 Å². The Bertz CT molecular complexity index is 1660. The molecule has 0 unspecified atom stereocenters. The summed E-state index contributed by atoms with van der Waals surface area (Å²) in [4.78, 5) is 38.9. The molecule has 0 atom stereocenters. The monoisotopic (exact) mass is 576 g/mol. The molecule has 4 aromatic rings. The van der Waals surface area contributed by atoms with Gasteiger partial charge in [0, 0.05) is 49.3 Å². The van der Waals surface area contributed by atoms with Crippen molar-refractivity contribution in [3.8, 4) is 11.3 Å². The second-order valence-corrected chi connectivity index (χ2v) is 11.0. The van der Waals surface area contributed by atoms with E-state index in [9.17, 15) is 18.4 Å². The molecular formula is C31H31F3N6O2. The van der Waals surface area contributed by atoms with Gasteiger partial charge in [0.15, 0.2) is 0 Å². The lowest BCUT2D eigenvalue weighted by atomic mass is 9.88. The topological polar surface area (TPSA) is 103 Å². The third kappa shape index (κ3) is 5.95. The number of nitrogens with one attached hydrogen (secondary N) is 3.